The molecule has 1 atom stereocenters. The van der Waals surface area contributed by atoms with E-state index in [0.29, 0.717) is 5.11 Å². The fraction of sp³-hybridized carbons (Fsp3) is 0.381. The maximum atomic E-state index is 5.49. The van der Waals surface area contributed by atoms with E-state index in [2.05, 4.69) is 93.8 Å². The summed E-state index contributed by atoms with van der Waals surface area (Å²) in [5, 5.41) is 7.41. The van der Waals surface area contributed by atoms with Gasteiger partial charge in [0.05, 0.1) is 0 Å². The van der Waals surface area contributed by atoms with Crippen LogP contribution in [0, 0.1) is 13.8 Å². The SMILES string of the molecule is Cc1ccc(NC(=S)N[C@H](C)CC(C)(C)c2ccccc2)c(C)c1. The molecular weight excluding hydrogens is 312 g/mol. The van der Waals surface area contributed by atoms with Crippen molar-refractivity contribution in [3.8, 4) is 0 Å². The second-order valence-electron chi connectivity index (χ2n) is 7.27. The van der Waals surface area contributed by atoms with Crippen molar-refractivity contribution in [2.75, 3.05) is 5.32 Å². The maximum absolute atomic E-state index is 5.49. The third-order valence-corrected chi connectivity index (χ3v) is 4.60. The van der Waals surface area contributed by atoms with Gasteiger partial charge in [-0.05, 0) is 62.0 Å². The van der Waals surface area contributed by atoms with Gasteiger partial charge >= 0.3 is 0 Å². The minimum absolute atomic E-state index is 0.100. The predicted octanol–water partition coefficient (Wildman–Crippen LogP) is 5.35. The Kier molecular flexibility index (Phi) is 6.00. The number of benzene rings is 2. The Morgan fingerprint density at radius 1 is 1.08 bits per heavy atom. The molecule has 2 nitrogen and oxygen atoms in total. The van der Waals surface area contributed by atoms with E-state index in [1.54, 1.807) is 0 Å². The van der Waals surface area contributed by atoms with Crippen molar-refractivity contribution in [3.63, 3.8) is 0 Å². The van der Waals surface area contributed by atoms with E-state index in [0.717, 1.165) is 12.1 Å². The average molecular weight is 341 g/mol. The van der Waals surface area contributed by atoms with Gasteiger partial charge in [-0.2, -0.15) is 0 Å². The van der Waals surface area contributed by atoms with Crippen LogP contribution in [0.3, 0.4) is 0 Å². The van der Waals surface area contributed by atoms with Crippen molar-refractivity contribution >= 4 is 23.0 Å². The Morgan fingerprint density at radius 2 is 1.75 bits per heavy atom. The van der Waals surface area contributed by atoms with Gasteiger partial charge in [0, 0.05) is 11.7 Å². The summed E-state index contributed by atoms with van der Waals surface area (Å²) in [5.41, 5.74) is 4.98. The van der Waals surface area contributed by atoms with Gasteiger partial charge in [-0.1, -0.05) is 61.9 Å². The van der Waals surface area contributed by atoms with E-state index in [-0.39, 0.29) is 11.5 Å². The number of rotatable bonds is 5. The Morgan fingerprint density at radius 3 is 2.38 bits per heavy atom. The minimum atomic E-state index is 0.100. The zero-order valence-electron chi connectivity index (χ0n) is 15.3. The van der Waals surface area contributed by atoms with Crippen LogP contribution >= 0.6 is 12.2 Å². The van der Waals surface area contributed by atoms with E-state index in [4.69, 9.17) is 12.2 Å². The largest absolute Gasteiger partial charge is 0.360 e. The molecule has 0 unspecified atom stereocenters. The minimum Gasteiger partial charge on any atom is -0.360 e. The average Bonchev–Trinajstić information content (AvgIpc) is 2.50. The molecule has 0 aliphatic rings. The van der Waals surface area contributed by atoms with Gasteiger partial charge in [0.1, 0.15) is 0 Å². The molecule has 0 aromatic heterocycles. The first-order valence-corrected chi connectivity index (χ1v) is 8.89. The van der Waals surface area contributed by atoms with Crippen LogP contribution in [0.1, 0.15) is 43.9 Å². The Bertz CT molecular complexity index is 692. The second kappa shape index (κ2) is 7.80. The molecule has 2 rings (SSSR count). The first-order chi connectivity index (χ1) is 11.3. The summed E-state index contributed by atoms with van der Waals surface area (Å²) in [6.45, 7) is 10.9. The van der Waals surface area contributed by atoms with Gasteiger partial charge in [-0.25, -0.2) is 0 Å². The van der Waals surface area contributed by atoms with E-state index < -0.39 is 0 Å². The molecule has 0 aliphatic carbocycles. The van der Waals surface area contributed by atoms with Crippen molar-refractivity contribution in [1.82, 2.24) is 5.32 Å². The molecule has 0 radical (unpaired) electrons. The van der Waals surface area contributed by atoms with Gasteiger partial charge in [-0.15, -0.1) is 0 Å². The highest BCUT2D eigenvalue weighted by atomic mass is 32.1. The third kappa shape index (κ3) is 5.07. The van der Waals surface area contributed by atoms with E-state index in [1.807, 2.05) is 0 Å². The van der Waals surface area contributed by atoms with Crippen molar-refractivity contribution < 1.29 is 0 Å². The molecule has 0 saturated carbocycles. The Hall–Kier alpha value is -1.87. The summed E-state index contributed by atoms with van der Waals surface area (Å²) < 4.78 is 0. The monoisotopic (exact) mass is 340 g/mol. The standard InChI is InChI=1S/C21H28N2S/c1-15-11-12-19(16(2)13-15)23-20(24)22-17(3)14-21(4,5)18-9-7-6-8-10-18/h6-13,17H,14H2,1-5H3,(H2,22,23,24)/t17-/m1/s1. The van der Waals surface area contributed by atoms with Crippen LogP contribution in [0.2, 0.25) is 0 Å². The fourth-order valence-electron chi connectivity index (χ4n) is 3.16. The first kappa shape index (κ1) is 18.5. The smallest absolute Gasteiger partial charge is 0.170 e. The van der Waals surface area contributed by atoms with Crippen molar-refractivity contribution in [2.45, 2.75) is 52.5 Å². The molecular formula is C21H28N2S. The Labute approximate surface area is 151 Å². The van der Waals surface area contributed by atoms with Gasteiger partial charge < -0.3 is 10.6 Å². The van der Waals surface area contributed by atoms with Gasteiger partial charge in [0.2, 0.25) is 0 Å². The van der Waals surface area contributed by atoms with Crippen LogP contribution in [-0.4, -0.2) is 11.2 Å². The molecule has 0 saturated heterocycles. The van der Waals surface area contributed by atoms with Crippen molar-refractivity contribution in [2.24, 2.45) is 0 Å². The maximum Gasteiger partial charge on any atom is 0.170 e. The Balaban J connectivity index is 1.94. The summed E-state index contributed by atoms with van der Waals surface area (Å²) in [5.74, 6) is 0. The lowest BCUT2D eigenvalue weighted by Gasteiger charge is -2.30. The summed E-state index contributed by atoms with van der Waals surface area (Å²) in [4.78, 5) is 0. The number of nitrogens with one attached hydrogen (secondary N) is 2. The highest BCUT2D eigenvalue weighted by molar-refractivity contribution is 7.80. The number of thiocarbonyl (C=S) groups is 1. The van der Waals surface area contributed by atoms with Gasteiger partial charge in [0.25, 0.3) is 0 Å². The fourth-order valence-corrected chi connectivity index (χ4v) is 3.47. The summed E-state index contributed by atoms with van der Waals surface area (Å²) in [7, 11) is 0. The summed E-state index contributed by atoms with van der Waals surface area (Å²) >= 11 is 5.49. The highest BCUT2D eigenvalue weighted by Gasteiger charge is 2.23. The summed E-state index contributed by atoms with van der Waals surface area (Å²) in [6.07, 6.45) is 1.01. The molecule has 2 aromatic rings. The van der Waals surface area contributed by atoms with Crippen LogP contribution in [0.15, 0.2) is 48.5 Å². The normalized spacial score (nSPS) is 12.5. The summed E-state index contributed by atoms with van der Waals surface area (Å²) in [6, 6.07) is 17.3. The molecule has 24 heavy (non-hydrogen) atoms. The number of aryl methyl sites for hydroxylation is 2. The zero-order valence-corrected chi connectivity index (χ0v) is 16.1. The number of anilines is 1. The molecule has 3 heteroatoms. The predicted molar refractivity (Wildman–Crippen MR) is 109 cm³/mol. The van der Waals surface area contributed by atoms with Crippen LogP contribution in [-0.2, 0) is 5.41 Å². The van der Waals surface area contributed by atoms with Crippen LogP contribution in [0.5, 0.6) is 0 Å². The van der Waals surface area contributed by atoms with Crippen molar-refractivity contribution in [1.29, 1.82) is 0 Å². The molecule has 0 fully saturated rings. The lowest BCUT2D eigenvalue weighted by atomic mass is 9.79. The second-order valence-corrected chi connectivity index (χ2v) is 7.68. The van der Waals surface area contributed by atoms with Crippen LogP contribution < -0.4 is 10.6 Å². The van der Waals surface area contributed by atoms with Crippen LogP contribution in [0.4, 0.5) is 5.69 Å². The number of hydrogen-bond donors (Lipinski definition) is 2. The topological polar surface area (TPSA) is 24.1 Å². The molecule has 2 aromatic carbocycles. The molecule has 2 N–H and O–H groups in total. The third-order valence-electron chi connectivity index (χ3n) is 4.38. The zero-order chi connectivity index (χ0) is 17.7. The molecule has 0 aliphatic heterocycles. The van der Waals surface area contributed by atoms with E-state index >= 15 is 0 Å². The molecule has 0 amide bonds. The van der Waals surface area contributed by atoms with Gasteiger partial charge in [-0.3, -0.25) is 0 Å². The van der Waals surface area contributed by atoms with E-state index in [9.17, 15) is 0 Å². The molecule has 0 heterocycles. The molecule has 0 spiro atoms. The van der Waals surface area contributed by atoms with Gasteiger partial charge in [0.15, 0.2) is 5.11 Å². The molecule has 128 valence electrons. The first-order valence-electron chi connectivity index (χ1n) is 8.48. The van der Waals surface area contributed by atoms with Crippen molar-refractivity contribution in [3.05, 3.63) is 65.2 Å². The lowest BCUT2D eigenvalue weighted by Crippen LogP contribution is -2.39. The quantitative estimate of drug-likeness (QED) is 0.718. The van der Waals surface area contributed by atoms with Crippen LogP contribution in [0.25, 0.3) is 0 Å². The number of hydrogen-bond acceptors (Lipinski definition) is 1. The molecule has 0 bridgehead atoms. The van der Waals surface area contributed by atoms with E-state index in [1.165, 1.54) is 16.7 Å². The lowest BCUT2D eigenvalue weighted by molar-refractivity contribution is 0.420. The highest BCUT2D eigenvalue weighted by Crippen LogP contribution is 2.28.